The number of hydrogen-bond acceptors (Lipinski definition) is 4. The molecule has 0 radical (unpaired) electrons. The van der Waals surface area contributed by atoms with Gasteiger partial charge in [-0.05, 0) is 36.4 Å². The van der Waals surface area contributed by atoms with Crippen molar-refractivity contribution < 1.29 is 9.53 Å². The van der Waals surface area contributed by atoms with Crippen molar-refractivity contribution in [2.45, 2.75) is 44.4 Å². The predicted octanol–water partition coefficient (Wildman–Crippen LogP) is 4.03. The molecule has 2 heterocycles. The van der Waals surface area contributed by atoms with E-state index in [9.17, 15) is 4.79 Å². The average Bonchev–Trinajstić information content (AvgIpc) is 3.41. The number of ether oxygens (including phenoxy) is 1. The SMILES string of the molecule is O=C(c1ccccc1)N(CC1CN(Cc2cccs2)CCO1)C1CCCC1. The van der Waals surface area contributed by atoms with Gasteiger partial charge in [0.15, 0.2) is 0 Å². The normalized spacial score (nSPS) is 21.4. The van der Waals surface area contributed by atoms with Crippen molar-refractivity contribution in [3.05, 3.63) is 58.3 Å². The van der Waals surface area contributed by atoms with Crippen LogP contribution in [-0.2, 0) is 11.3 Å². The highest BCUT2D eigenvalue weighted by Crippen LogP contribution is 2.26. The predicted molar refractivity (Wildman–Crippen MR) is 109 cm³/mol. The van der Waals surface area contributed by atoms with Crippen LogP contribution in [0.5, 0.6) is 0 Å². The van der Waals surface area contributed by atoms with Crippen LogP contribution in [-0.4, -0.2) is 54.1 Å². The summed E-state index contributed by atoms with van der Waals surface area (Å²) in [5.41, 5.74) is 0.788. The van der Waals surface area contributed by atoms with Gasteiger partial charge in [-0.3, -0.25) is 9.69 Å². The van der Waals surface area contributed by atoms with E-state index >= 15 is 0 Å². The van der Waals surface area contributed by atoms with Crippen LogP contribution in [0.4, 0.5) is 0 Å². The van der Waals surface area contributed by atoms with Gasteiger partial charge in [-0.1, -0.05) is 37.1 Å². The summed E-state index contributed by atoms with van der Waals surface area (Å²) in [6.07, 6.45) is 4.76. The summed E-state index contributed by atoms with van der Waals surface area (Å²) in [5, 5.41) is 2.13. The maximum absolute atomic E-state index is 13.2. The molecule has 5 heteroatoms. The molecule has 0 N–H and O–H groups in total. The van der Waals surface area contributed by atoms with Crippen molar-refractivity contribution in [3.63, 3.8) is 0 Å². The summed E-state index contributed by atoms with van der Waals surface area (Å²) in [7, 11) is 0. The topological polar surface area (TPSA) is 32.8 Å². The number of hydrogen-bond donors (Lipinski definition) is 0. The van der Waals surface area contributed by atoms with E-state index in [4.69, 9.17) is 4.74 Å². The van der Waals surface area contributed by atoms with Crippen molar-refractivity contribution in [1.29, 1.82) is 0 Å². The Bertz CT molecular complexity index is 713. The van der Waals surface area contributed by atoms with E-state index < -0.39 is 0 Å². The zero-order chi connectivity index (χ0) is 18.5. The lowest BCUT2D eigenvalue weighted by atomic mass is 10.1. The number of carbonyl (C=O) groups is 1. The lowest BCUT2D eigenvalue weighted by molar-refractivity contribution is -0.0466. The molecule has 0 bridgehead atoms. The molecule has 0 spiro atoms. The molecule has 2 aromatic rings. The van der Waals surface area contributed by atoms with Crippen LogP contribution in [0.1, 0.15) is 40.9 Å². The fourth-order valence-electron chi connectivity index (χ4n) is 4.24. The van der Waals surface area contributed by atoms with Crippen LogP contribution in [0, 0.1) is 0 Å². The lowest BCUT2D eigenvalue weighted by Crippen LogP contribution is -2.50. The fourth-order valence-corrected chi connectivity index (χ4v) is 4.98. The summed E-state index contributed by atoms with van der Waals surface area (Å²) in [6, 6.07) is 14.4. The molecule has 1 saturated heterocycles. The zero-order valence-corrected chi connectivity index (χ0v) is 16.6. The van der Waals surface area contributed by atoms with Gasteiger partial charge in [-0.15, -0.1) is 11.3 Å². The van der Waals surface area contributed by atoms with Crippen LogP contribution >= 0.6 is 11.3 Å². The second kappa shape index (κ2) is 9.00. The molecule has 1 unspecified atom stereocenters. The Morgan fingerprint density at radius 3 is 2.70 bits per heavy atom. The molecule has 2 fully saturated rings. The first-order valence-corrected chi connectivity index (χ1v) is 10.9. The van der Waals surface area contributed by atoms with E-state index in [1.807, 2.05) is 41.7 Å². The Kier molecular flexibility index (Phi) is 6.22. The van der Waals surface area contributed by atoms with Crippen molar-refractivity contribution in [1.82, 2.24) is 9.80 Å². The van der Waals surface area contributed by atoms with Gasteiger partial charge in [0.25, 0.3) is 5.91 Å². The van der Waals surface area contributed by atoms with Crippen molar-refractivity contribution >= 4 is 17.2 Å². The third-order valence-corrected chi connectivity index (χ3v) is 6.49. The van der Waals surface area contributed by atoms with E-state index in [2.05, 4.69) is 27.3 Å². The second-order valence-electron chi connectivity index (χ2n) is 7.57. The quantitative estimate of drug-likeness (QED) is 0.754. The summed E-state index contributed by atoms with van der Waals surface area (Å²) < 4.78 is 6.07. The maximum atomic E-state index is 13.2. The number of benzene rings is 1. The fraction of sp³-hybridized carbons (Fsp3) is 0.500. The molecule has 1 aromatic carbocycles. The van der Waals surface area contributed by atoms with E-state index in [1.54, 1.807) is 0 Å². The monoisotopic (exact) mass is 384 g/mol. The van der Waals surface area contributed by atoms with E-state index in [-0.39, 0.29) is 12.0 Å². The number of carbonyl (C=O) groups excluding carboxylic acids is 1. The molecule has 1 atom stereocenters. The van der Waals surface area contributed by atoms with Gasteiger partial charge in [0.2, 0.25) is 0 Å². The highest BCUT2D eigenvalue weighted by Gasteiger charge is 2.31. The Morgan fingerprint density at radius 2 is 1.96 bits per heavy atom. The summed E-state index contributed by atoms with van der Waals surface area (Å²) in [4.78, 5) is 19.2. The minimum atomic E-state index is 0.0898. The van der Waals surface area contributed by atoms with Gasteiger partial charge in [0, 0.05) is 42.7 Å². The second-order valence-corrected chi connectivity index (χ2v) is 8.60. The first-order valence-electron chi connectivity index (χ1n) is 10.0. The summed E-state index contributed by atoms with van der Waals surface area (Å²) >= 11 is 1.81. The Labute approximate surface area is 165 Å². The molecule has 4 rings (SSSR count). The number of nitrogens with zero attached hydrogens (tertiary/aromatic N) is 2. The van der Waals surface area contributed by atoms with Crippen molar-refractivity contribution in [2.24, 2.45) is 0 Å². The van der Waals surface area contributed by atoms with Crippen molar-refractivity contribution in [2.75, 3.05) is 26.2 Å². The lowest BCUT2D eigenvalue weighted by Gasteiger charge is -2.37. The zero-order valence-electron chi connectivity index (χ0n) is 15.8. The Hall–Kier alpha value is -1.69. The first-order chi connectivity index (χ1) is 13.3. The molecule has 1 aromatic heterocycles. The highest BCUT2D eigenvalue weighted by molar-refractivity contribution is 7.09. The van der Waals surface area contributed by atoms with Crippen LogP contribution in [0.3, 0.4) is 0 Å². The van der Waals surface area contributed by atoms with Crippen LogP contribution < -0.4 is 0 Å². The summed E-state index contributed by atoms with van der Waals surface area (Å²) in [5.74, 6) is 0.154. The third-order valence-electron chi connectivity index (χ3n) is 5.63. The minimum Gasteiger partial charge on any atom is -0.374 e. The average molecular weight is 385 g/mol. The van der Waals surface area contributed by atoms with E-state index in [0.29, 0.717) is 12.6 Å². The Balaban J connectivity index is 1.43. The highest BCUT2D eigenvalue weighted by atomic mass is 32.1. The first kappa shape index (κ1) is 18.7. The number of rotatable bonds is 6. The molecule has 144 valence electrons. The van der Waals surface area contributed by atoms with Gasteiger partial charge in [-0.25, -0.2) is 0 Å². The van der Waals surface area contributed by atoms with Gasteiger partial charge < -0.3 is 9.64 Å². The van der Waals surface area contributed by atoms with Gasteiger partial charge in [0.05, 0.1) is 12.7 Å². The molecule has 1 aliphatic heterocycles. The van der Waals surface area contributed by atoms with Gasteiger partial charge in [-0.2, -0.15) is 0 Å². The van der Waals surface area contributed by atoms with E-state index in [0.717, 1.165) is 44.6 Å². The molecule has 4 nitrogen and oxygen atoms in total. The molecule has 2 aliphatic rings. The minimum absolute atomic E-state index is 0.0898. The molecular formula is C22H28N2O2S. The largest absolute Gasteiger partial charge is 0.374 e. The third kappa shape index (κ3) is 4.78. The van der Waals surface area contributed by atoms with Gasteiger partial charge in [0.1, 0.15) is 0 Å². The molecule has 1 amide bonds. The maximum Gasteiger partial charge on any atom is 0.254 e. The summed E-state index contributed by atoms with van der Waals surface area (Å²) in [6.45, 7) is 4.27. The smallest absolute Gasteiger partial charge is 0.254 e. The molecule has 27 heavy (non-hydrogen) atoms. The van der Waals surface area contributed by atoms with Crippen LogP contribution in [0.15, 0.2) is 47.8 Å². The molecule has 1 saturated carbocycles. The number of amides is 1. The van der Waals surface area contributed by atoms with E-state index in [1.165, 1.54) is 17.7 Å². The number of morpholine rings is 1. The van der Waals surface area contributed by atoms with Crippen LogP contribution in [0.2, 0.25) is 0 Å². The molecule has 1 aliphatic carbocycles. The van der Waals surface area contributed by atoms with Crippen LogP contribution in [0.25, 0.3) is 0 Å². The van der Waals surface area contributed by atoms with Crippen molar-refractivity contribution in [3.8, 4) is 0 Å². The molecular weight excluding hydrogens is 356 g/mol. The number of thiophene rings is 1. The Morgan fingerprint density at radius 1 is 1.15 bits per heavy atom. The standard InChI is InChI=1S/C22H28N2O2S/c25-22(18-7-2-1-3-8-18)24(19-9-4-5-10-19)16-20-15-23(12-13-26-20)17-21-11-6-14-27-21/h1-3,6-8,11,14,19-20H,4-5,9-10,12-13,15-17H2. The van der Waals surface area contributed by atoms with Gasteiger partial charge >= 0.3 is 0 Å².